The molecule has 18 heavy (non-hydrogen) atoms. The highest BCUT2D eigenvalue weighted by molar-refractivity contribution is 5.96. The Hall–Kier alpha value is -2.11. The van der Waals surface area contributed by atoms with Gasteiger partial charge in [0.15, 0.2) is 5.43 Å². The first-order valence-electron chi connectivity index (χ1n) is 5.56. The maximum Gasteiger partial charge on any atom is 0.326 e. The Labute approximate surface area is 104 Å². The predicted octanol–water partition coefficient (Wildman–Crippen LogP) is 0.522. The van der Waals surface area contributed by atoms with Gasteiger partial charge in [-0.3, -0.25) is 9.59 Å². The first kappa shape index (κ1) is 14.0. The molecule has 0 unspecified atom stereocenters. The summed E-state index contributed by atoms with van der Waals surface area (Å²) in [6.07, 6.45) is 1.28. The van der Waals surface area contributed by atoms with Gasteiger partial charge in [-0.2, -0.15) is 0 Å². The molecule has 3 N–H and O–H groups in total. The lowest BCUT2D eigenvalue weighted by molar-refractivity contribution is -0.140. The number of rotatable bonds is 4. The number of aromatic nitrogens is 1. The number of aryl methyl sites for hydroxylation is 1. The van der Waals surface area contributed by atoms with Gasteiger partial charge in [0.2, 0.25) is 0 Å². The molecule has 0 saturated heterocycles. The van der Waals surface area contributed by atoms with Gasteiger partial charge in [0, 0.05) is 18.0 Å². The zero-order valence-corrected chi connectivity index (χ0v) is 10.5. The minimum absolute atomic E-state index is 0.0903. The molecule has 6 nitrogen and oxygen atoms in total. The zero-order chi connectivity index (χ0) is 13.9. The Morgan fingerprint density at radius 1 is 1.39 bits per heavy atom. The molecule has 0 fully saturated rings. The van der Waals surface area contributed by atoms with E-state index in [-0.39, 0.29) is 11.5 Å². The van der Waals surface area contributed by atoms with E-state index in [2.05, 4.69) is 10.3 Å². The van der Waals surface area contributed by atoms with E-state index in [9.17, 15) is 14.4 Å². The van der Waals surface area contributed by atoms with Gasteiger partial charge >= 0.3 is 5.97 Å². The van der Waals surface area contributed by atoms with E-state index >= 15 is 0 Å². The molecule has 1 amide bonds. The lowest BCUT2D eigenvalue weighted by Gasteiger charge is -2.17. The van der Waals surface area contributed by atoms with Crippen molar-refractivity contribution in [3.8, 4) is 0 Å². The van der Waals surface area contributed by atoms with Crippen LogP contribution in [0.2, 0.25) is 0 Å². The van der Waals surface area contributed by atoms with Crippen molar-refractivity contribution in [2.45, 2.75) is 26.8 Å². The summed E-state index contributed by atoms with van der Waals surface area (Å²) >= 11 is 0. The van der Waals surface area contributed by atoms with Crippen LogP contribution < -0.4 is 10.7 Å². The molecular formula is C12H16N2O4. The molecule has 98 valence electrons. The molecule has 0 aliphatic heterocycles. The topological polar surface area (TPSA) is 99.3 Å². The minimum Gasteiger partial charge on any atom is -0.480 e. The summed E-state index contributed by atoms with van der Waals surface area (Å²) in [7, 11) is 0. The highest BCUT2D eigenvalue weighted by Crippen LogP contribution is 2.03. The number of aliphatic carboxylic acids is 1. The molecular weight excluding hydrogens is 236 g/mol. The van der Waals surface area contributed by atoms with Crippen molar-refractivity contribution in [3.63, 3.8) is 0 Å². The second kappa shape index (κ2) is 5.48. The van der Waals surface area contributed by atoms with E-state index in [1.807, 2.05) is 0 Å². The van der Waals surface area contributed by atoms with Crippen LogP contribution >= 0.6 is 0 Å². The summed E-state index contributed by atoms with van der Waals surface area (Å²) in [5, 5.41) is 11.3. The smallest absolute Gasteiger partial charge is 0.326 e. The average molecular weight is 252 g/mol. The number of pyridine rings is 1. The maximum absolute atomic E-state index is 11.8. The summed E-state index contributed by atoms with van der Waals surface area (Å²) in [5.41, 5.74) is 0.110. The van der Waals surface area contributed by atoms with Crippen molar-refractivity contribution < 1.29 is 14.7 Å². The first-order valence-corrected chi connectivity index (χ1v) is 5.56. The molecule has 0 spiro atoms. The van der Waals surface area contributed by atoms with Crippen molar-refractivity contribution in [1.82, 2.24) is 10.3 Å². The Balaban J connectivity index is 2.94. The third kappa shape index (κ3) is 3.19. The lowest BCUT2D eigenvalue weighted by atomic mass is 10.0. The molecule has 1 aromatic heterocycles. The number of hydrogen-bond acceptors (Lipinski definition) is 3. The maximum atomic E-state index is 11.8. The van der Waals surface area contributed by atoms with Crippen molar-refractivity contribution >= 4 is 11.9 Å². The zero-order valence-electron chi connectivity index (χ0n) is 10.5. The summed E-state index contributed by atoms with van der Waals surface area (Å²) in [5.74, 6) is -2.07. The molecule has 0 aromatic carbocycles. The number of carbonyl (C=O) groups excluding carboxylic acids is 1. The van der Waals surface area contributed by atoms with E-state index < -0.39 is 23.3 Å². The summed E-state index contributed by atoms with van der Waals surface area (Å²) in [6, 6.07) is 0.276. The standard InChI is InChI=1S/C12H16N2O4/c1-6(2)10(12(17)18)14-11(16)8-5-13-7(3)4-9(8)15/h4-6,10H,1-3H3,(H,13,15)(H,14,16)(H,17,18)/t10-/m1/s1. The molecule has 1 atom stereocenters. The number of hydrogen-bond donors (Lipinski definition) is 3. The van der Waals surface area contributed by atoms with E-state index in [0.29, 0.717) is 5.69 Å². The summed E-state index contributed by atoms with van der Waals surface area (Å²) in [4.78, 5) is 37.1. The third-order valence-corrected chi connectivity index (χ3v) is 2.52. The fourth-order valence-electron chi connectivity index (χ4n) is 1.48. The second-order valence-corrected chi connectivity index (χ2v) is 4.43. The van der Waals surface area contributed by atoms with Crippen LogP contribution in [-0.2, 0) is 4.79 Å². The Morgan fingerprint density at radius 2 is 2.00 bits per heavy atom. The van der Waals surface area contributed by atoms with Gasteiger partial charge in [0.05, 0.1) is 0 Å². The van der Waals surface area contributed by atoms with Crippen LogP contribution in [0.25, 0.3) is 0 Å². The fraction of sp³-hybridized carbons (Fsp3) is 0.417. The van der Waals surface area contributed by atoms with Gasteiger partial charge in [0.1, 0.15) is 11.6 Å². The number of carboxylic acids is 1. The molecule has 1 heterocycles. The quantitative estimate of drug-likeness (QED) is 0.727. The Kier molecular flexibility index (Phi) is 4.25. The SMILES string of the molecule is Cc1cc(=O)c(C(=O)N[C@@H](C(=O)O)C(C)C)c[nH]1. The van der Waals surface area contributed by atoms with Gasteiger partial charge in [-0.1, -0.05) is 13.8 Å². The van der Waals surface area contributed by atoms with Crippen molar-refractivity contribution in [2.24, 2.45) is 5.92 Å². The minimum atomic E-state index is -1.12. The first-order chi connectivity index (χ1) is 8.32. The second-order valence-electron chi connectivity index (χ2n) is 4.43. The van der Waals surface area contributed by atoms with Crippen LogP contribution in [0.3, 0.4) is 0 Å². The largest absolute Gasteiger partial charge is 0.480 e. The number of aromatic amines is 1. The molecule has 0 bridgehead atoms. The van der Waals surface area contributed by atoms with Gasteiger partial charge in [-0.05, 0) is 12.8 Å². The Morgan fingerprint density at radius 3 is 2.44 bits per heavy atom. The number of carboxylic acid groups (broad SMARTS) is 1. The van der Waals surface area contributed by atoms with Crippen LogP contribution in [0.15, 0.2) is 17.1 Å². The average Bonchev–Trinajstić information content (AvgIpc) is 2.24. The van der Waals surface area contributed by atoms with Crippen LogP contribution in [0, 0.1) is 12.8 Å². The van der Waals surface area contributed by atoms with Crippen LogP contribution in [-0.4, -0.2) is 28.0 Å². The van der Waals surface area contributed by atoms with E-state index in [0.717, 1.165) is 0 Å². The summed E-state index contributed by atoms with van der Waals surface area (Å²) in [6.45, 7) is 5.05. The molecule has 0 aliphatic rings. The molecule has 1 aromatic rings. The van der Waals surface area contributed by atoms with E-state index in [4.69, 9.17) is 5.11 Å². The normalized spacial score (nSPS) is 12.2. The monoisotopic (exact) mass is 252 g/mol. The molecule has 0 saturated carbocycles. The van der Waals surface area contributed by atoms with Gasteiger partial charge in [0.25, 0.3) is 5.91 Å². The predicted molar refractivity (Wildman–Crippen MR) is 65.5 cm³/mol. The lowest BCUT2D eigenvalue weighted by Crippen LogP contribution is -2.45. The van der Waals surface area contributed by atoms with Gasteiger partial charge < -0.3 is 15.4 Å². The highest BCUT2D eigenvalue weighted by Gasteiger charge is 2.24. The molecule has 6 heteroatoms. The van der Waals surface area contributed by atoms with Crippen LogP contribution in [0.4, 0.5) is 0 Å². The van der Waals surface area contributed by atoms with Crippen molar-refractivity contribution in [2.75, 3.05) is 0 Å². The van der Waals surface area contributed by atoms with Crippen LogP contribution in [0.1, 0.15) is 29.9 Å². The van der Waals surface area contributed by atoms with E-state index in [1.54, 1.807) is 20.8 Å². The van der Waals surface area contributed by atoms with Crippen molar-refractivity contribution in [1.29, 1.82) is 0 Å². The van der Waals surface area contributed by atoms with Crippen molar-refractivity contribution in [3.05, 3.63) is 33.7 Å². The third-order valence-electron chi connectivity index (χ3n) is 2.52. The van der Waals surface area contributed by atoms with Gasteiger partial charge in [-0.25, -0.2) is 4.79 Å². The van der Waals surface area contributed by atoms with Crippen LogP contribution in [0.5, 0.6) is 0 Å². The summed E-state index contributed by atoms with van der Waals surface area (Å²) < 4.78 is 0. The molecule has 0 radical (unpaired) electrons. The molecule has 0 aliphatic carbocycles. The fourth-order valence-corrected chi connectivity index (χ4v) is 1.48. The number of amides is 1. The Bertz CT molecular complexity index is 519. The number of nitrogens with one attached hydrogen (secondary N) is 2. The highest BCUT2D eigenvalue weighted by atomic mass is 16.4. The molecule has 1 rings (SSSR count). The van der Waals surface area contributed by atoms with E-state index in [1.165, 1.54) is 12.3 Å². The number of H-pyrrole nitrogens is 1. The van der Waals surface area contributed by atoms with Gasteiger partial charge in [-0.15, -0.1) is 0 Å². The number of carbonyl (C=O) groups is 2.